The summed E-state index contributed by atoms with van der Waals surface area (Å²) >= 11 is 11.4. The van der Waals surface area contributed by atoms with Gasteiger partial charge in [0.25, 0.3) is 5.91 Å². The molecule has 0 saturated carbocycles. The van der Waals surface area contributed by atoms with E-state index in [1.54, 1.807) is 4.90 Å². The van der Waals surface area contributed by atoms with Crippen LogP contribution >= 0.6 is 69.2 Å². The lowest BCUT2D eigenvalue weighted by Crippen LogP contribution is -2.28. The standard InChI is InChI=1S/C24H17I2NO2S2/c1-15-7-5-6-10-20(15)27-23(28)21(31-24(27)30)12-17-11-18(25)13-19(26)22(17)29-14-16-8-3-2-4-9-16/h2-13H,14H2,1H3/b21-12+. The van der Waals surface area contributed by atoms with Crippen molar-refractivity contribution in [2.75, 3.05) is 4.90 Å². The second kappa shape index (κ2) is 10.0. The number of anilines is 1. The lowest BCUT2D eigenvalue weighted by molar-refractivity contribution is -0.113. The van der Waals surface area contributed by atoms with Crippen LogP contribution in [0.3, 0.4) is 0 Å². The summed E-state index contributed by atoms with van der Waals surface area (Å²) in [4.78, 5) is 15.4. The zero-order chi connectivity index (χ0) is 22.0. The van der Waals surface area contributed by atoms with E-state index in [2.05, 4.69) is 51.2 Å². The fourth-order valence-corrected chi connectivity index (χ4v) is 6.52. The molecule has 3 nitrogen and oxygen atoms in total. The highest BCUT2D eigenvalue weighted by molar-refractivity contribution is 14.1. The lowest BCUT2D eigenvalue weighted by atomic mass is 10.1. The predicted molar refractivity (Wildman–Crippen MR) is 149 cm³/mol. The molecular weight excluding hydrogens is 652 g/mol. The highest BCUT2D eigenvalue weighted by Gasteiger charge is 2.34. The molecule has 3 aromatic carbocycles. The van der Waals surface area contributed by atoms with Crippen LogP contribution in [0.5, 0.6) is 5.75 Å². The minimum Gasteiger partial charge on any atom is -0.487 e. The largest absolute Gasteiger partial charge is 0.487 e. The van der Waals surface area contributed by atoms with E-state index >= 15 is 0 Å². The molecular formula is C24H17I2NO2S2. The first kappa shape index (κ1) is 22.8. The third kappa shape index (κ3) is 5.15. The van der Waals surface area contributed by atoms with Gasteiger partial charge in [0.2, 0.25) is 0 Å². The minimum absolute atomic E-state index is 0.104. The van der Waals surface area contributed by atoms with Crippen LogP contribution in [-0.4, -0.2) is 10.2 Å². The Morgan fingerprint density at radius 3 is 2.52 bits per heavy atom. The van der Waals surface area contributed by atoms with Crippen molar-refractivity contribution in [2.24, 2.45) is 0 Å². The number of ether oxygens (including phenoxy) is 1. The molecule has 1 heterocycles. The molecule has 1 saturated heterocycles. The number of thiocarbonyl (C=S) groups is 1. The number of hydrogen-bond donors (Lipinski definition) is 0. The lowest BCUT2D eigenvalue weighted by Gasteiger charge is -2.17. The maximum Gasteiger partial charge on any atom is 0.270 e. The van der Waals surface area contributed by atoms with E-state index in [0.29, 0.717) is 15.8 Å². The first-order valence-corrected chi connectivity index (χ1v) is 12.8. The van der Waals surface area contributed by atoms with E-state index in [1.165, 1.54) is 11.8 Å². The summed E-state index contributed by atoms with van der Waals surface area (Å²) in [5, 5.41) is 0. The smallest absolute Gasteiger partial charge is 0.270 e. The van der Waals surface area contributed by atoms with Crippen LogP contribution in [0.4, 0.5) is 5.69 Å². The van der Waals surface area contributed by atoms with E-state index in [0.717, 1.165) is 35.3 Å². The maximum absolute atomic E-state index is 13.2. The Labute approximate surface area is 218 Å². The number of amides is 1. The van der Waals surface area contributed by atoms with Gasteiger partial charge < -0.3 is 4.74 Å². The third-order valence-corrected chi connectivity index (χ3v) is 7.43. The molecule has 0 atom stereocenters. The quantitative estimate of drug-likeness (QED) is 0.164. The number of aryl methyl sites for hydroxylation is 1. The molecule has 0 bridgehead atoms. The number of halogens is 2. The number of benzene rings is 3. The van der Waals surface area contributed by atoms with Crippen LogP contribution in [0.1, 0.15) is 16.7 Å². The first-order valence-electron chi connectivity index (χ1n) is 9.43. The molecule has 1 aliphatic heterocycles. The highest BCUT2D eigenvalue weighted by Crippen LogP contribution is 2.39. The van der Waals surface area contributed by atoms with Crippen LogP contribution in [0, 0.1) is 14.1 Å². The van der Waals surface area contributed by atoms with Crippen molar-refractivity contribution >= 4 is 91.2 Å². The average Bonchev–Trinajstić information content (AvgIpc) is 3.01. The fraction of sp³-hybridized carbons (Fsp3) is 0.0833. The molecule has 0 N–H and O–H groups in total. The highest BCUT2D eigenvalue weighted by atomic mass is 127. The molecule has 3 aromatic rings. The zero-order valence-corrected chi connectivity index (χ0v) is 22.4. The SMILES string of the molecule is Cc1ccccc1N1C(=O)/C(=C\c2cc(I)cc(I)c2OCc2ccccc2)SC1=S. The molecule has 1 amide bonds. The Morgan fingerprint density at radius 1 is 1.06 bits per heavy atom. The summed E-state index contributed by atoms with van der Waals surface area (Å²) in [6.07, 6.45) is 1.89. The van der Waals surface area contributed by atoms with Gasteiger partial charge in [-0.15, -0.1) is 0 Å². The van der Waals surface area contributed by atoms with E-state index < -0.39 is 0 Å². The van der Waals surface area contributed by atoms with Crippen LogP contribution in [0.2, 0.25) is 0 Å². The molecule has 31 heavy (non-hydrogen) atoms. The first-order chi connectivity index (χ1) is 14.9. The Balaban J connectivity index is 1.67. The van der Waals surface area contributed by atoms with E-state index in [1.807, 2.05) is 73.7 Å². The minimum atomic E-state index is -0.104. The van der Waals surface area contributed by atoms with Crippen molar-refractivity contribution < 1.29 is 9.53 Å². The van der Waals surface area contributed by atoms with Gasteiger partial charge in [-0.25, -0.2) is 0 Å². The Hall–Kier alpha value is -1.43. The topological polar surface area (TPSA) is 29.5 Å². The molecule has 0 spiro atoms. The van der Waals surface area contributed by atoms with E-state index in [9.17, 15) is 4.79 Å². The van der Waals surface area contributed by atoms with Gasteiger partial charge in [-0.1, -0.05) is 72.5 Å². The number of hydrogen-bond acceptors (Lipinski definition) is 4. The van der Waals surface area contributed by atoms with Gasteiger partial charge in [0.15, 0.2) is 4.32 Å². The molecule has 0 aliphatic carbocycles. The van der Waals surface area contributed by atoms with E-state index in [4.69, 9.17) is 17.0 Å². The zero-order valence-electron chi connectivity index (χ0n) is 16.5. The summed E-state index contributed by atoms with van der Waals surface area (Å²) in [7, 11) is 0. The van der Waals surface area contributed by atoms with Crippen molar-refractivity contribution in [1.29, 1.82) is 0 Å². The van der Waals surface area contributed by atoms with Gasteiger partial charge >= 0.3 is 0 Å². The van der Waals surface area contributed by atoms with Crippen molar-refractivity contribution in [3.63, 3.8) is 0 Å². The number of para-hydroxylation sites is 1. The van der Waals surface area contributed by atoms with Gasteiger partial charge in [0.05, 0.1) is 14.2 Å². The van der Waals surface area contributed by atoms with Crippen molar-refractivity contribution in [3.05, 3.63) is 95.5 Å². The summed E-state index contributed by atoms with van der Waals surface area (Å²) < 4.78 is 8.81. The van der Waals surface area contributed by atoms with Crippen molar-refractivity contribution in [2.45, 2.75) is 13.5 Å². The van der Waals surface area contributed by atoms with Crippen molar-refractivity contribution in [1.82, 2.24) is 0 Å². The molecule has 1 aliphatic rings. The maximum atomic E-state index is 13.2. The van der Waals surface area contributed by atoms with Crippen LogP contribution in [0.15, 0.2) is 71.6 Å². The van der Waals surface area contributed by atoms with Gasteiger partial charge in [0, 0.05) is 9.13 Å². The third-order valence-electron chi connectivity index (χ3n) is 4.70. The Kier molecular flexibility index (Phi) is 7.35. The molecule has 156 valence electrons. The van der Waals surface area contributed by atoms with Gasteiger partial charge in [-0.2, -0.15) is 0 Å². The molecule has 7 heteroatoms. The Bertz CT molecular complexity index is 1200. The number of carbonyl (C=O) groups excluding carboxylic acids is 1. The van der Waals surface area contributed by atoms with Crippen LogP contribution < -0.4 is 9.64 Å². The fourth-order valence-electron chi connectivity index (χ4n) is 3.20. The molecule has 4 rings (SSSR count). The second-order valence-electron chi connectivity index (χ2n) is 6.88. The number of thioether (sulfide) groups is 1. The summed E-state index contributed by atoms with van der Waals surface area (Å²) in [5.74, 6) is 0.665. The van der Waals surface area contributed by atoms with Crippen molar-refractivity contribution in [3.8, 4) is 5.75 Å². The predicted octanol–water partition coefficient (Wildman–Crippen LogP) is 7.19. The summed E-state index contributed by atoms with van der Waals surface area (Å²) in [5.41, 5.74) is 3.80. The summed E-state index contributed by atoms with van der Waals surface area (Å²) in [6.45, 7) is 2.44. The Morgan fingerprint density at radius 2 is 1.77 bits per heavy atom. The second-order valence-corrected chi connectivity index (χ2v) is 11.0. The molecule has 1 fully saturated rings. The molecule has 0 unspecified atom stereocenters. The van der Waals surface area contributed by atoms with Gasteiger partial charge in [0.1, 0.15) is 12.4 Å². The van der Waals surface area contributed by atoms with Gasteiger partial charge in [-0.05, 0) is 87.5 Å². The average molecular weight is 669 g/mol. The normalized spacial score (nSPS) is 15.1. The number of nitrogens with zero attached hydrogens (tertiary/aromatic N) is 1. The monoisotopic (exact) mass is 669 g/mol. The van der Waals surface area contributed by atoms with E-state index in [-0.39, 0.29) is 5.91 Å². The molecule has 0 aromatic heterocycles. The van der Waals surface area contributed by atoms with Gasteiger partial charge in [-0.3, -0.25) is 9.69 Å². The van der Waals surface area contributed by atoms with Crippen LogP contribution in [0.25, 0.3) is 6.08 Å². The number of rotatable bonds is 5. The van der Waals surface area contributed by atoms with Crippen LogP contribution in [-0.2, 0) is 11.4 Å². The summed E-state index contributed by atoms with van der Waals surface area (Å²) in [6, 6.07) is 21.9. The number of carbonyl (C=O) groups is 1. The molecule has 0 radical (unpaired) electrons.